The number of piperidine rings is 1. The summed E-state index contributed by atoms with van der Waals surface area (Å²) in [5, 5.41) is 5.65. The molecule has 3 heterocycles. The van der Waals surface area contributed by atoms with Gasteiger partial charge in [0.25, 0.3) is 0 Å². The number of rotatable bonds is 2. The van der Waals surface area contributed by atoms with Crippen LogP contribution in [0.1, 0.15) is 26.2 Å². The van der Waals surface area contributed by atoms with Crippen LogP contribution in [-0.4, -0.2) is 43.2 Å². The van der Waals surface area contributed by atoms with E-state index in [1.165, 1.54) is 34.6 Å². The van der Waals surface area contributed by atoms with Crippen molar-refractivity contribution in [1.29, 1.82) is 0 Å². The van der Waals surface area contributed by atoms with Crippen LogP contribution in [0.4, 0.5) is 0 Å². The average Bonchev–Trinajstić information content (AvgIpc) is 2.71. The largest absolute Gasteiger partial charge is 0.466 e. The molecule has 0 amide bonds. The van der Waals surface area contributed by atoms with E-state index in [0.717, 1.165) is 26.1 Å². The summed E-state index contributed by atoms with van der Waals surface area (Å²) in [5.74, 6) is -0.147. The van der Waals surface area contributed by atoms with Crippen molar-refractivity contribution in [3.05, 3.63) is 33.2 Å². The highest BCUT2D eigenvalue weighted by Crippen LogP contribution is 2.49. The van der Waals surface area contributed by atoms with Gasteiger partial charge in [0.05, 0.1) is 24.3 Å². The van der Waals surface area contributed by atoms with Crippen LogP contribution in [0.3, 0.4) is 0 Å². The lowest BCUT2D eigenvalue weighted by molar-refractivity contribution is -0.149. The highest BCUT2D eigenvalue weighted by Gasteiger charge is 2.47. The normalized spacial score (nSPS) is 30.1. The Morgan fingerprint density at radius 2 is 2.41 bits per heavy atom. The molecule has 4 rings (SSSR count). The second kappa shape index (κ2) is 5.78. The molecule has 1 N–H and O–H groups in total. The molecule has 118 valence electrons. The zero-order valence-electron chi connectivity index (χ0n) is 12.9. The number of hydrogen-bond donors (Lipinski definition) is 1. The third-order valence-corrected chi connectivity index (χ3v) is 6.02. The number of fused-ring (bicyclic) bond motifs is 2. The van der Waals surface area contributed by atoms with Gasteiger partial charge in [0, 0.05) is 24.5 Å². The number of nitrogens with one attached hydrogen (secondary N) is 1. The molecule has 1 saturated heterocycles. The van der Waals surface area contributed by atoms with E-state index in [-0.39, 0.29) is 17.9 Å². The maximum atomic E-state index is 12.4. The van der Waals surface area contributed by atoms with Crippen LogP contribution >= 0.6 is 11.8 Å². The first-order valence-electron chi connectivity index (χ1n) is 8.22. The molecular formula is C17H22N2O2S. The van der Waals surface area contributed by atoms with E-state index in [1.807, 2.05) is 18.7 Å². The Balaban J connectivity index is 1.77. The van der Waals surface area contributed by atoms with Gasteiger partial charge in [0.1, 0.15) is 0 Å². The van der Waals surface area contributed by atoms with Crippen LogP contribution in [-0.2, 0) is 9.53 Å². The van der Waals surface area contributed by atoms with Gasteiger partial charge in [-0.15, -0.1) is 11.8 Å². The van der Waals surface area contributed by atoms with Crippen molar-refractivity contribution in [2.45, 2.75) is 32.2 Å². The second-order valence-electron chi connectivity index (χ2n) is 6.21. The summed E-state index contributed by atoms with van der Waals surface area (Å²) < 4.78 is 5.34. The molecule has 0 aromatic carbocycles. The fourth-order valence-corrected chi connectivity index (χ4v) is 5.16. The van der Waals surface area contributed by atoms with Crippen molar-refractivity contribution in [3.63, 3.8) is 0 Å². The Morgan fingerprint density at radius 1 is 1.50 bits per heavy atom. The molecule has 5 heteroatoms. The topological polar surface area (TPSA) is 41.6 Å². The predicted molar refractivity (Wildman–Crippen MR) is 88.1 cm³/mol. The molecule has 22 heavy (non-hydrogen) atoms. The van der Waals surface area contributed by atoms with Crippen molar-refractivity contribution in [2.24, 2.45) is 5.92 Å². The molecule has 0 aromatic rings. The summed E-state index contributed by atoms with van der Waals surface area (Å²) in [4.78, 5) is 16.4. The molecule has 1 fully saturated rings. The number of hydrogen-bond acceptors (Lipinski definition) is 5. The standard InChI is InChI=1S/C17H22N2O2S/c1-2-21-17(20)13-10-18-9-12-11-5-3-6-14-16(11)19(15(12)13)7-4-8-22-14/h4,8,13,15,18H,2-3,5-7,9-10H2,1H3. The second-order valence-corrected chi connectivity index (χ2v) is 7.21. The van der Waals surface area contributed by atoms with E-state index in [9.17, 15) is 4.79 Å². The smallest absolute Gasteiger partial charge is 0.312 e. The number of ether oxygens (including phenoxy) is 1. The third-order valence-electron chi connectivity index (χ3n) is 5.01. The molecular weight excluding hydrogens is 296 g/mol. The average molecular weight is 318 g/mol. The molecule has 2 atom stereocenters. The van der Waals surface area contributed by atoms with Crippen LogP contribution in [0.15, 0.2) is 33.2 Å². The van der Waals surface area contributed by atoms with Crippen LogP contribution in [0.2, 0.25) is 0 Å². The van der Waals surface area contributed by atoms with Crippen LogP contribution in [0, 0.1) is 5.92 Å². The van der Waals surface area contributed by atoms with Crippen molar-refractivity contribution in [3.8, 4) is 0 Å². The lowest BCUT2D eigenvalue weighted by Gasteiger charge is -2.37. The summed E-state index contributed by atoms with van der Waals surface area (Å²) in [6, 6.07) is 0.196. The zero-order chi connectivity index (χ0) is 15.1. The summed E-state index contributed by atoms with van der Waals surface area (Å²) in [6.07, 6.45) is 5.78. The number of esters is 1. The van der Waals surface area contributed by atoms with Gasteiger partial charge < -0.3 is 15.0 Å². The van der Waals surface area contributed by atoms with E-state index in [4.69, 9.17) is 4.74 Å². The Kier molecular flexibility index (Phi) is 3.78. The molecule has 0 saturated carbocycles. The SMILES string of the molecule is CCOC(=O)C1CNCC2=C3CCCC4=C3N(CC=CS4)C21. The van der Waals surface area contributed by atoms with Gasteiger partial charge in [-0.1, -0.05) is 6.08 Å². The van der Waals surface area contributed by atoms with E-state index < -0.39 is 0 Å². The molecule has 0 spiro atoms. The fraction of sp³-hybridized carbons (Fsp3) is 0.588. The monoisotopic (exact) mass is 318 g/mol. The molecule has 3 aliphatic heterocycles. The lowest BCUT2D eigenvalue weighted by Crippen LogP contribution is -2.51. The Labute approximate surface area is 135 Å². The first-order valence-corrected chi connectivity index (χ1v) is 9.10. The Bertz CT molecular complexity index is 593. The quantitative estimate of drug-likeness (QED) is 0.792. The number of carbonyl (C=O) groups excluding carboxylic acids is 1. The Morgan fingerprint density at radius 3 is 3.27 bits per heavy atom. The summed E-state index contributed by atoms with van der Waals surface area (Å²) in [7, 11) is 0. The molecule has 0 radical (unpaired) electrons. The van der Waals surface area contributed by atoms with Gasteiger partial charge >= 0.3 is 5.97 Å². The summed E-state index contributed by atoms with van der Waals surface area (Å²) >= 11 is 1.87. The number of thioether (sulfide) groups is 1. The van der Waals surface area contributed by atoms with E-state index in [0.29, 0.717) is 6.61 Å². The van der Waals surface area contributed by atoms with Crippen molar-refractivity contribution >= 4 is 17.7 Å². The van der Waals surface area contributed by atoms with Crippen molar-refractivity contribution in [1.82, 2.24) is 10.2 Å². The summed E-state index contributed by atoms with van der Waals surface area (Å²) in [6.45, 7) is 4.87. The first kappa shape index (κ1) is 14.4. The molecule has 4 aliphatic rings. The minimum Gasteiger partial charge on any atom is -0.466 e. The highest BCUT2D eigenvalue weighted by atomic mass is 32.2. The highest BCUT2D eigenvalue weighted by molar-refractivity contribution is 8.05. The predicted octanol–water partition coefficient (Wildman–Crippen LogP) is 2.41. The van der Waals surface area contributed by atoms with E-state index in [1.54, 1.807) is 0 Å². The van der Waals surface area contributed by atoms with Gasteiger partial charge in [-0.3, -0.25) is 4.79 Å². The third kappa shape index (κ3) is 2.14. The molecule has 0 bridgehead atoms. The van der Waals surface area contributed by atoms with Gasteiger partial charge in [0.2, 0.25) is 0 Å². The number of nitrogens with zero attached hydrogens (tertiary/aromatic N) is 1. The number of allylic oxidation sites excluding steroid dienone is 2. The molecule has 1 aliphatic carbocycles. The van der Waals surface area contributed by atoms with Crippen LogP contribution in [0.25, 0.3) is 0 Å². The fourth-order valence-electron chi connectivity index (χ4n) is 4.20. The van der Waals surface area contributed by atoms with Crippen molar-refractivity contribution in [2.75, 3.05) is 26.2 Å². The van der Waals surface area contributed by atoms with Crippen molar-refractivity contribution < 1.29 is 9.53 Å². The van der Waals surface area contributed by atoms with Gasteiger partial charge in [-0.2, -0.15) is 0 Å². The van der Waals surface area contributed by atoms with E-state index >= 15 is 0 Å². The van der Waals surface area contributed by atoms with Gasteiger partial charge in [-0.25, -0.2) is 0 Å². The lowest BCUT2D eigenvalue weighted by atomic mass is 9.87. The first-order chi connectivity index (χ1) is 10.8. The minimum atomic E-state index is -0.0907. The zero-order valence-corrected chi connectivity index (χ0v) is 13.7. The maximum absolute atomic E-state index is 12.4. The van der Waals surface area contributed by atoms with E-state index in [2.05, 4.69) is 21.7 Å². The van der Waals surface area contributed by atoms with Gasteiger partial charge in [0.15, 0.2) is 0 Å². The van der Waals surface area contributed by atoms with Crippen LogP contribution < -0.4 is 5.32 Å². The molecule has 0 aromatic heterocycles. The minimum absolute atomic E-state index is 0.0560. The Hall–Kier alpha value is -1.20. The van der Waals surface area contributed by atoms with Crippen LogP contribution in [0.5, 0.6) is 0 Å². The molecule has 4 nitrogen and oxygen atoms in total. The van der Waals surface area contributed by atoms with Gasteiger partial charge in [-0.05, 0) is 42.7 Å². The maximum Gasteiger partial charge on any atom is 0.312 e. The molecule has 2 unspecified atom stereocenters. The number of carbonyl (C=O) groups is 1. The summed E-state index contributed by atoms with van der Waals surface area (Å²) in [5.41, 5.74) is 4.37.